The smallest absolute Gasteiger partial charge is 0.265 e. The van der Waals surface area contributed by atoms with Crippen molar-refractivity contribution in [1.29, 1.82) is 0 Å². The van der Waals surface area contributed by atoms with Gasteiger partial charge in [0.25, 0.3) is 6.43 Å². The van der Waals surface area contributed by atoms with Crippen molar-refractivity contribution in [2.75, 3.05) is 0 Å². The first-order valence-electron chi connectivity index (χ1n) is 3.29. The minimum Gasteiger partial charge on any atom is -0.507 e. The van der Waals surface area contributed by atoms with Crippen LogP contribution in [0.15, 0.2) is 12.1 Å². The maximum atomic E-state index is 12.3. The molecule has 0 amide bonds. The van der Waals surface area contributed by atoms with E-state index in [-0.39, 0.29) is 14.9 Å². The highest BCUT2D eigenvalue weighted by molar-refractivity contribution is 14.1. The van der Waals surface area contributed by atoms with Gasteiger partial charge in [-0.3, -0.25) is 0 Å². The summed E-state index contributed by atoms with van der Waals surface area (Å²) in [5, 5.41) is 9.19. The van der Waals surface area contributed by atoms with Gasteiger partial charge >= 0.3 is 0 Å². The summed E-state index contributed by atoms with van der Waals surface area (Å²) in [6.45, 7) is 1.67. The molecule has 0 saturated heterocycles. The van der Waals surface area contributed by atoms with Crippen LogP contribution in [-0.4, -0.2) is 5.11 Å². The summed E-state index contributed by atoms with van der Waals surface area (Å²) in [7, 11) is 0. The number of aromatic hydroxyl groups is 1. The van der Waals surface area contributed by atoms with E-state index in [0.717, 1.165) is 0 Å². The molecule has 0 bridgehead atoms. The van der Waals surface area contributed by atoms with E-state index in [1.54, 1.807) is 29.5 Å². The number of aryl methyl sites for hydroxylation is 1. The van der Waals surface area contributed by atoms with Gasteiger partial charge in [-0.05, 0) is 47.2 Å². The fourth-order valence-corrected chi connectivity index (χ4v) is 1.48. The molecule has 1 aromatic carbocycles. The Balaban J connectivity index is 3.28. The molecule has 0 fully saturated rings. The van der Waals surface area contributed by atoms with E-state index in [4.69, 9.17) is 0 Å². The topological polar surface area (TPSA) is 20.2 Å². The highest BCUT2D eigenvalue weighted by atomic mass is 127. The largest absolute Gasteiger partial charge is 0.507 e. The number of benzene rings is 1. The van der Waals surface area contributed by atoms with Crippen LogP contribution in [0.25, 0.3) is 0 Å². The van der Waals surface area contributed by atoms with Crippen LogP contribution >= 0.6 is 22.6 Å². The third-order valence-corrected chi connectivity index (χ3v) is 2.64. The number of rotatable bonds is 1. The zero-order valence-electron chi connectivity index (χ0n) is 6.31. The van der Waals surface area contributed by atoms with Gasteiger partial charge in [0.2, 0.25) is 0 Å². The normalized spacial score (nSPS) is 10.8. The van der Waals surface area contributed by atoms with Gasteiger partial charge < -0.3 is 5.11 Å². The molecule has 0 saturated carbocycles. The lowest BCUT2D eigenvalue weighted by molar-refractivity contribution is 0.150. The molecule has 0 atom stereocenters. The van der Waals surface area contributed by atoms with E-state index < -0.39 is 6.43 Å². The zero-order chi connectivity index (χ0) is 9.30. The van der Waals surface area contributed by atoms with Crippen molar-refractivity contribution in [2.45, 2.75) is 13.3 Å². The Morgan fingerprint density at radius 1 is 1.42 bits per heavy atom. The van der Waals surface area contributed by atoms with Crippen LogP contribution in [0.5, 0.6) is 5.75 Å². The van der Waals surface area contributed by atoms with Gasteiger partial charge in [-0.2, -0.15) is 0 Å². The molecule has 0 unspecified atom stereocenters. The molecule has 1 N–H and O–H groups in total. The van der Waals surface area contributed by atoms with E-state index in [1.807, 2.05) is 0 Å². The fourth-order valence-electron chi connectivity index (χ4n) is 0.936. The third kappa shape index (κ3) is 1.85. The van der Waals surface area contributed by atoms with Gasteiger partial charge in [-0.1, -0.05) is 0 Å². The molecule has 0 radical (unpaired) electrons. The van der Waals surface area contributed by atoms with Gasteiger partial charge in [-0.15, -0.1) is 0 Å². The molecule has 12 heavy (non-hydrogen) atoms. The Morgan fingerprint density at radius 2 is 2.00 bits per heavy atom. The second-order valence-corrected chi connectivity index (χ2v) is 3.57. The van der Waals surface area contributed by atoms with Crippen LogP contribution in [0.2, 0.25) is 0 Å². The molecule has 1 nitrogen and oxygen atoms in total. The predicted octanol–water partition coefficient (Wildman–Crippen LogP) is 3.24. The average molecular weight is 284 g/mol. The Hall–Kier alpha value is -0.390. The van der Waals surface area contributed by atoms with E-state index in [2.05, 4.69) is 0 Å². The number of alkyl halides is 2. The lowest BCUT2D eigenvalue weighted by atomic mass is 10.1. The Labute approximate surface area is 82.5 Å². The summed E-state index contributed by atoms with van der Waals surface area (Å²) in [5.41, 5.74) is 0.538. The molecule has 1 rings (SSSR count). The number of hydrogen-bond donors (Lipinski definition) is 1. The van der Waals surface area contributed by atoms with E-state index in [1.165, 1.54) is 12.1 Å². The zero-order valence-corrected chi connectivity index (χ0v) is 8.47. The third-order valence-electron chi connectivity index (χ3n) is 1.46. The molecule has 0 heterocycles. The van der Waals surface area contributed by atoms with Crippen molar-refractivity contribution >= 4 is 22.6 Å². The molecular weight excluding hydrogens is 277 g/mol. The molecule has 0 aliphatic carbocycles. The first kappa shape index (κ1) is 9.70. The fraction of sp³-hybridized carbons (Fsp3) is 0.250. The van der Waals surface area contributed by atoms with Gasteiger partial charge in [0.15, 0.2) is 0 Å². The molecular formula is C8H7F2IO. The lowest BCUT2D eigenvalue weighted by Gasteiger charge is -2.06. The lowest BCUT2D eigenvalue weighted by Crippen LogP contribution is -1.90. The van der Waals surface area contributed by atoms with E-state index >= 15 is 0 Å². The van der Waals surface area contributed by atoms with E-state index in [0.29, 0.717) is 5.56 Å². The van der Waals surface area contributed by atoms with Crippen LogP contribution in [-0.2, 0) is 0 Å². The average Bonchev–Trinajstić information content (AvgIpc) is 1.96. The maximum absolute atomic E-state index is 12.3. The van der Waals surface area contributed by atoms with Gasteiger partial charge in [0.1, 0.15) is 5.75 Å². The first-order valence-corrected chi connectivity index (χ1v) is 4.37. The van der Waals surface area contributed by atoms with Crippen molar-refractivity contribution in [3.8, 4) is 5.75 Å². The van der Waals surface area contributed by atoms with Crippen molar-refractivity contribution in [3.05, 3.63) is 26.8 Å². The van der Waals surface area contributed by atoms with Crippen molar-refractivity contribution in [3.63, 3.8) is 0 Å². The second kappa shape index (κ2) is 3.55. The Bertz CT molecular complexity index is 299. The summed E-state index contributed by atoms with van der Waals surface area (Å²) < 4.78 is 24.8. The molecule has 66 valence electrons. The molecule has 0 aromatic heterocycles. The number of hydrogen-bond acceptors (Lipinski definition) is 1. The molecule has 4 heteroatoms. The standard InChI is InChI=1S/C8H7F2IO/c1-4-2-5(8(9)10)7(11)6(12)3-4/h2-3,8,12H,1H3. The number of phenols is 1. The highest BCUT2D eigenvalue weighted by Gasteiger charge is 2.14. The van der Waals surface area contributed by atoms with Crippen LogP contribution in [0.4, 0.5) is 8.78 Å². The van der Waals surface area contributed by atoms with Crippen LogP contribution < -0.4 is 0 Å². The molecule has 0 aliphatic rings. The van der Waals surface area contributed by atoms with Gasteiger partial charge in [0, 0.05) is 5.56 Å². The van der Waals surface area contributed by atoms with E-state index in [9.17, 15) is 13.9 Å². The molecule has 1 aromatic rings. The predicted molar refractivity (Wildman–Crippen MR) is 50.5 cm³/mol. The summed E-state index contributed by atoms with van der Waals surface area (Å²) in [4.78, 5) is 0. The molecule has 0 spiro atoms. The van der Waals surface area contributed by atoms with Crippen LogP contribution in [0.3, 0.4) is 0 Å². The summed E-state index contributed by atoms with van der Waals surface area (Å²) in [6, 6.07) is 2.85. The summed E-state index contributed by atoms with van der Waals surface area (Å²) in [5.74, 6) is -0.0779. The SMILES string of the molecule is Cc1cc(O)c(I)c(C(F)F)c1. The summed E-state index contributed by atoms with van der Waals surface area (Å²) in [6.07, 6.45) is -2.53. The first-order chi connectivity index (χ1) is 5.52. The maximum Gasteiger partial charge on any atom is 0.265 e. The minimum absolute atomic E-state index is 0.0779. The van der Waals surface area contributed by atoms with Crippen molar-refractivity contribution < 1.29 is 13.9 Å². The molecule has 0 aliphatic heterocycles. The highest BCUT2D eigenvalue weighted by Crippen LogP contribution is 2.31. The van der Waals surface area contributed by atoms with Crippen molar-refractivity contribution in [1.82, 2.24) is 0 Å². The minimum atomic E-state index is -2.53. The van der Waals surface area contributed by atoms with Gasteiger partial charge in [0.05, 0.1) is 3.57 Å². The van der Waals surface area contributed by atoms with Gasteiger partial charge in [-0.25, -0.2) is 8.78 Å². The Kier molecular flexibility index (Phi) is 2.87. The second-order valence-electron chi connectivity index (χ2n) is 2.49. The van der Waals surface area contributed by atoms with Crippen LogP contribution in [0.1, 0.15) is 17.6 Å². The Morgan fingerprint density at radius 3 is 2.50 bits per heavy atom. The number of phenolic OH excluding ortho intramolecular Hbond substituents is 1. The summed E-state index contributed by atoms with van der Waals surface area (Å²) >= 11 is 1.71. The monoisotopic (exact) mass is 284 g/mol. The van der Waals surface area contributed by atoms with Crippen LogP contribution in [0, 0.1) is 10.5 Å². The number of halogens is 3. The quantitative estimate of drug-likeness (QED) is 0.785. The van der Waals surface area contributed by atoms with Crippen molar-refractivity contribution in [2.24, 2.45) is 0 Å².